The molecule has 0 spiro atoms. The molecule has 7 nitrogen and oxygen atoms in total. The number of aromatic nitrogens is 2. The number of carbonyl (C=O) groups excluding carboxylic acids is 1. The maximum absolute atomic E-state index is 13.0. The normalized spacial score (nSPS) is 15.9. The Hall–Kier alpha value is -2.83. The van der Waals surface area contributed by atoms with Gasteiger partial charge in [-0.05, 0) is 57.5 Å². The first kappa shape index (κ1) is 19.9. The van der Waals surface area contributed by atoms with Crippen LogP contribution in [0.5, 0.6) is 5.75 Å². The summed E-state index contributed by atoms with van der Waals surface area (Å²) in [7, 11) is 1.63. The Kier molecular flexibility index (Phi) is 6.02. The maximum atomic E-state index is 13.0. The molecular weight excluding hydrogens is 356 g/mol. The lowest BCUT2D eigenvalue weighted by Crippen LogP contribution is -2.39. The average Bonchev–Trinajstić information content (AvgIpc) is 3.31. The van der Waals surface area contributed by atoms with E-state index in [4.69, 9.17) is 9.57 Å². The van der Waals surface area contributed by atoms with Crippen LogP contribution < -0.4 is 4.74 Å². The number of ether oxygens (including phenoxy) is 1. The summed E-state index contributed by atoms with van der Waals surface area (Å²) in [6.45, 7) is 10.0. The SMILES string of the molecule is CCN(Cc1c(C)nn(CC)c1C)C(=O)C1CC(c2ccc(OC)cc2)=NO1. The predicted molar refractivity (Wildman–Crippen MR) is 107 cm³/mol. The topological polar surface area (TPSA) is 69.0 Å². The second kappa shape index (κ2) is 8.46. The number of carbonyl (C=O) groups is 1. The molecular formula is C21H28N4O3. The molecule has 0 N–H and O–H groups in total. The van der Waals surface area contributed by atoms with Crippen LogP contribution in [0.25, 0.3) is 0 Å². The summed E-state index contributed by atoms with van der Waals surface area (Å²) in [5.74, 6) is 0.740. The molecule has 1 atom stereocenters. The van der Waals surface area contributed by atoms with Gasteiger partial charge < -0.3 is 14.5 Å². The van der Waals surface area contributed by atoms with E-state index < -0.39 is 6.10 Å². The van der Waals surface area contributed by atoms with E-state index in [0.29, 0.717) is 19.5 Å². The molecule has 1 unspecified atom stereocenters. The number of amides is 1. The molecule has 1 amide bonds. The molecule has 7 heteroatoms. The minimum absolute atomic E-state index is 0.0437. The molecule has 0 fully saturated rings. The molecule has 1 aliphatic heterocycles. The largest absolute Gasteiger partial charge is 0.497 e. The number of hydrogen-bond donors (Lipinski definition) is 0. The van der Waals surface area contributed by atoms with Gasteiger partial charge >= 0.3 is 0 Å². The number of aryl methyl sites for hydroxylation is 2. The van der Waals surface area contributed by atoms with Crippen molar-refractivity contribution >= 4 is 11.6 Å². The van der Waals surface area contributed by atoms with Gasteiger partial charge in [0.2, 0.25) is 6.10 Å². The summed E-state index contributed by atoms with van der Waals surface area (Å²) in [4.78, 5) is 20.3. The van der Waals surface area contributed by atoms with Gasteiger partial charge in [-0.2, -0.15) is 5.10 Å². The Morgan fingerprint density at radius 2 is 2.00 bits per heavy atom. The molecule has 28 heavy (non-hydrogen) atoms. The Balaban J connectivity index is 1.68. The number of likely N-dealkylation sites (N-methyl/N-ethyl adjacent to an activating group) is 1. The molecule has 150 valence electrons. The molecule has 1 aromatic carbocycles. The van der Waals surface area contributed by atoms with Crippen molar-refractivity contribution in [1.82, 2.24) is 14.7 Å². The summed E-state index contributed by atoms with van der Waals surface area (Å²) in [6.07, 6.45) is -0.118. The van der Waals surface area contributed by atoms with Gasteiger partial charge in [-0.3, -0.25) is 9.48 Å². The monoisotopic (exact) mass is 384 g/mol. The van der Waals surface area contributed by atoms with E-state index in [1.54, 1.807) is 7.11 Å². The van der Waals surface area contributed by atoms with Crippen molar-refractivity contribution in [1.29, 1.82) is 0 Å². The van der Waals surface area contributed by atoms with Gasteiger partial charge in [0, 0.05) is 37.3 Å². The highest BCUT2D eigenvalue weighted by atomic mass is 16.6. The fourth-order valence-corrected chi connectivity index (χ4v) is 3.47. The summed E-state index contributed by atoms with van der Waals surface area (Å²) in [5, 5.41) is 8.71. The molecule has 2 heterocycles. The summed E-state index contributed by atoms with van der Waals surface area (Å²) in [5.41, 5.74) is 4.89. The Morgan fingerprint density at radius 1 is 1.29 bits per heavy atom. The number of oxime groups is 1. The van der Waals surface area contributed by atoms with E-state index in [1.165, 1.54) is 0 Å². The molecule has 0 saturated carbocycles. The molecule has 0 aliphatic carbocycles. The van der Waals surface area contributed by atoms with Crippen molar-refractivity contribution in [2.24, 2.45) is 5.16 Å². The first-order valence-electron chi connectivity index (χ1n) is 9.67. The molecule has 1 aliphatic rings. The van der Waals surface area contributed by atoms with Crippen molar-refractivity contribution in [2.45, 2.75) is 53.3 Å². The van der Waals surface area contributed by atoms with Crippen molar-refractivity contribution in [3.05, 3.63) is 46.8 Å². The number of rotatable bonds is 7. The number of benzene rings is 1. The van der Waals surface area contributed by atoms with E-state index in [0.717, 1.165) is 40.5 Å². The van der Waals surface area contributed by atoms with Gasteiger partial charge in [0.15, 0.2) is 0 Å². The van der Waals surface area contributed by atoms with Crippen LogP contribution >= 0.6 is 0 Å². The number of hydrogen-bond acceptors (Lipinski definition) is 5. The number of nitrogens with zero attached hydrogens (tertiary/aromatic N) is 4. The summed E-state index contributed by atoms with van der Waals surface area (Å²) in [6, 6.07) is 7.61. The molecule has 1 aromatic heterocycles. The van der Waals surface area contributed by atoms with Gasteiger partial charge in [0.1, 0.15) is 5.75 Å². The van der Waals surface area contributed by atoms with E-state index >= 15 is 0 Å². The van der Waals surface area contributed by atoms with Crippen LogP contribution in [0.15, 0.2) is 29.4 Å². The van der Waals surface area contributed by atoms with Gasteiger partial charge in [-0.15, -0.1) is 0 Å². The molecule has 0 radical (unpaired) electrons. The highest BCUT2D eigenvalue weighted by Gasteiger charge is 2.32. The Labute approximate surface area is 165 Å². The van der Waals surface area contributed by atoms with Crippen LogP contribution in [0.2, 0.25) is 0 Å². The summed E-state index contributed by atoms with van der Waals surface area (Å²) >= 11 is 0. The second-order valence-electron chi connectivity index (χ2n) is 6.88. The lowest BCUT2D eigenvalue weighted by molar-refractivity contribution is -0.142. The van der Waals surface area contributed by atoms with Crippen molar-refractivity contribution in [3.8, 4) is 5.75 Å². The third-order valence-corrected chi connectivity index (χ3v) is 5.24. The predicted octanol–water partition coefficient (Wildman–Crippen LogP) is 3.07. The number of methoxy groups -OCH3 is 1. The smallest absolute Gasteiger partial charge is 0.267 e. The lowest BCUT2D eigenvalue weighted by Gasteiger charge is -2.23. The Morgan fingerprint density at radius 3 is 2.57 bits per heavy atom. The fraction of sp³-hybridized carbons (Fsp3) is 0.476. The van der Waals surface area contributed by atoms with E-state index in [-0.39, 0.29) is 5.91 Å². The van der Waals surface area contributed by atoms with E-state index in [9.17, 15) is 4.79 Å². The maximum Gasteiger partial charge on any atom is 0.267 e. The molecule has 2 aromatic rings. The third-order valence-electron chi connectivity index (χ3n) is 5.24. The van der Waals surface area contributed by atoms with Crippen LogP contribution in [0.1, 0.15) is 42.8 Å². The van der Waals surface area contributed by atoms with Crippen LogP contribution in [-0.4, -0.2) is 46.1 Å². The summed E-state index contributed by atoms with van der Waals surface area (Å²) < 4.78 is 7.16. The minimum Gasteiger partial charge on any atom is -0.497 e. The van der Waals surface area contributed by atoms with Crippen molar-refractivity contribution < 1.29 is 14.4 Å². The highest BCUT2D eigenvalue weighted by Crippen LogP contribution is 2.22. The fourth-order valence-electron chi connectivity index (χ4n) is 3.47. The van der Waals surface area contributed by atoms with E-state index in [1.807, 2.05) is 54.6 Å². The lowest BCUT2D eigenvalue weighted by atomic mass is 10.0. The van der Waals surface area contributed by atoms with Crippen molar-refractivity contribution in [3.63, 3.8) is 0 Å². The van der Waals surface area contributed by atoms with Crippen LogP contribution in [0.4, 0.5) is 0 Å². The third kappa shape index (κ3) is 3.88. The zero-order valence-corrected chi connectivity index (χ0v) is 17.2. The first-order valence-corrected chi connectivity index (χ1v) is 9.67. The molecule has 0 bridgehead atoms. The van der Waals surface area contributed by atoms with Gasteiger partial charge in [-0.25, -0.2) is 0 Å². The quantitative estimate of drug-likeness (QED) is 0.736. The molecule has 0 saturated heterocycles. The zero-order chi connectivity index (χ0) is 20.3. The Bertz CT molecular complexity index is 871. The average molecular weight is 384 g/mol. The first-order chi connectivity index (χ1) is 13.5. The van der Waals surface area contributed by atoms with Crippen LogP contribution in [-0.2, 0) is 22.7 Å². The molecule has 3 rings (SSSR count). The highest BCUT2D eigenvalue weighted by molar-refractivity contribution is 6.04. The standard InChI is InChI=1S/C21H28N4O3/c1-6-24(13-18-14(3)22-25(7-2)15(18)4)21(26)20-12-19(23-28-20)16-8-10-17(27-5)11-9-16/h8-11,20H,6-7,12-13H2,1-5H3. The van der Waals surface area contributed by atoms with Gasteiger partial charge in [-0.1, -0.05) is 5.16 Å². The van der Waals surface area contributed by atoms with E-state index in [2.05, 4.69) is 17.2 Å². The van der Waals surface area contributed by atoms with Crippen LogP contribution in [0.3, 0.4) is 0 Å². The minimum atomic E-state index is -0.584. The van der Waals surface area contributed by atoms with Gasteiger partial charge in [0.25, 0.3) is 5.91 Å². The van der Waals surface area contributed by atoms with Gasteiger partial charge in [0.05, 0.1) is 18.5 Å². The second-order valence-corrected chi connectivity index (χ2v) is 6.88. The van der Waals surface area contributed by atoms with Crippen molar-refractivity contribution in [2.75, 3.05) is 13.7 Å². The zero-order valence-electron chi connectivity index (χ0n) is 17.2. The van der Waals surface area contributed by atoms with Crippen LogP contribution in [0, 0.1) is 13.8 Å².